The van der Waals surface area contributed by atoms with Crippen molar-refractivity contribution in [3.8, 4) is 5.69 Å². The molecule has 0 bridgehead atoms. The number of carbonyl (C=O) groups is 1. The van der Waals surface area contributed by atoms with Gasteiger partial charge in [0.2, 0.25) is 15.9 Å². The zero-order valence-electron chi connectivity index (χ0n) is 18.4. The molecule has 0 fully saturated rings. The lowest BCUT2D eigenvalue weighted by Crippen LogP contribution is -2.37. The molecule has 0 saturated heterocycles. The number of benzene rings is 2. The minimum absolute atomic E-state index is 0.0158. The van der Waals surface area contributed by atoms with Crippen molar-refractivity contribution in [3.05, 3.63) is 72.1 Å². The van der Waals surface area contributed by atoms with Crippen LogP contribution in [-0.4, -0.2) is 48.0 Å². The Labute approximate surface area is 189 Å². The van der Waals surface area contributed by atoms with Gasteiger partial charge in [0.15, 0.2) is 0 Å². The number of para-hydroxylation sites is 1. The third-order valence-corrected chi connectivity index (χ3v) is 7.87. The van der Waals surface area contributed by atoms with Gasteiger partial charge in [0.1, 0.15) is 0 Å². The summed E-state index contributed by atoms with van der Waals surface area (Å²) in [6.45, 7) is 5.15. The first-order chi connectivity index (χ1) is 15.4. The second-order valence-corrected chi connectivity index (χ2v) is 9.77. The Hall–Kier alpha value is -2.97. The van der Waals surface area contributed by atoms with Gasteiger partial charge in [-0.25, -0.2) is 13.1 Å². The highest BCUT2D eigenvalue weighted by Gasteiger charge is 2.27. The van der Waals surface area contributed by atoms with E-state index in [1.54, 1.807) is 34.0 Å². The number of nitrogens with zero attached hydrogens (tertiary/aromatic N) is 4. The second-order valence-electron chi connectivity index (χ2n) is 7.83. The molecule has 2 heterocycles. The number of aryl methyl sites for hydroxylation is 1. The van der Waals surface area contributed by atoms with Gasteiger partial charge < -0.3 is 4.90 Å². The minimum atomic E-state index is -3.53. The Morgan fingerprint density at radius 3 is 2.56 bits per heavy atom. The number of amides is 1. The van der Waals surface area contributed by atoms with Crippen molar-refractivity contribution >= 4 is 21.6 Å². The molecule has 1 aliphatic rings. The number of fused-ring (bicyclic) bond motifs is 1. The molecule has 0 aliphatic carbocycles. The summed E-state index contributed by atoms with van der Waals surface area (Å²) < 4.78 is 29.0. The minimum Gasteiger partial charge on any atom is -0.312 e. The van der Waals surface area contributed by atoms with E-state index in [4.69, 9.17) is 0 Å². The molecule has 168 valence electrons. The van der Waals surface area contributed by atoms with Crippen molar-refractivity contribution in [2.24, 2.45) is 0 Å². The lowest BCUT2D eigenvalue weighted by atomic mass is 10.0. The van der Waals surface area contributed by atoms with Gasteiger partial charge in [-0.2, -0.15) is 9.40 Å². The molecule has 7 nitrogen and oxygen atoms in total. The molecule has 0 N–H and O–H groups in total. The summed E-state index contributed by atoms with van der Waals surface area (Å²) in [7, 11) is -3.53. The molecule has 2 aromatic carbocycles. The summed E-state index contributed by atoms with van der Waals surface area (Å²) in [6.07, 6.45) is 5.39. The Morgan fingerprint density at radius 1 is 1.09 bits per heavy atom. The molecule has 8 heteroatoms. The van der Waals surface area contributed by atoms with Crippen molar-refractivity contribution in [2.45, 2.75) is 38.0 Å². The Kier molecular flexibility index (Phi) is 6.43. The fraction of sp³-hybridized carbons (Fsp3) is 0.333. The van der Waals surface area contributed by atoms with E-state index >= 15 is 0 Å². The third kappa shape index (κ3) is 4.33. The zero-order valence-corrected chi connectivity index (χ0v) is 19.3. The van der Waals surface area contributed by atoms with Gasteiger partial charge in [-0.05, 0) is 54.3 Å². The van der Waals surface area contributed by atoms with E-state index in [1.165, 1.54) is 4.31 Å². The molecule has 1 amide bonds. The summed E-state index contributed by atoms with van der Waals surface area (Å²) in [6, 6.07) is 14.9. The first kappa shape index (κ1) is 22.2. The quantitative estimate of drug-likeness (QED) is 0.550. The average molecular weight is 453 g/mol. The van der Waals surface area contributed by atoms with Gasteiger partial charge in [0.05, 0.1) is 23.2 Å². The van der Waals surface area contributed by atoms with Crippen LogP contribution in [0.5, 0.6) is 0 Å². The van der Waals surface area contributed by atoms with Crippen LogP contribution in [0.3, 0.4) is 0 Å². The number of rotatable bonds is 7. The molecule has 3 aromatic rings. The smallest absolute Gasteiger partial charge is 0.243 e. The van der Waals surface area contributed by atoms with Crippen molar-refractivity contribution in [2.75, 3.05) is 24.5 Å². The van der Waals surface area contributed by atoms with E-state index in [1.807, 2.05) is 50.4 Å². The molecule has 0 radical (unpaired) electrons. The maximum absolute atomic E-state index is 13.1. The number of anilines is 1. The first-order valence-corrected chi connectivity index (χ1v) is 12.4. The standard InChI is InChI=1S/C24H28N4O3S/c1-3-26(4-2)32(30,31)22-12-13-23-20(16-22)9-8-14-27(23)24(29)15-19-17-25-28(18-19)21-10-6-5-7-11-21/h5-7,10-13,16-18H,3-4,8-9,14-15H2,1-2H3. The van der Waals surface area contributed by atoms with E-state index in [-0.39, 0.29) is 12.3 Å². The summed E-state index contributed by atoms with van der Waals surface area (Å²) in [5, 5.41) is 4.37. The average Bonchev–Trinajstić information content (AvgIpc) is 3.28. The van der Waals surface area contributed by atoms with Crippen LogP contribution in [0.15, 0.2) is 65.8 Å². The number of hydrogen-bond acceptors (Lipinski definition) is 4. The lowest BCUT2D eigenvalue weighted by molar-refractivity contribution is -0.118. The zero-order chi connectivity index (χ0) is 22.7. The highest BCUT2D eigenvalue weighted by molar-refractivity contribution is 7.89. The van der Waals surface area contributed by atoms with Crippen LogP contribution in [0.25, 0.3) is 5.69 Å². The van der Waals surface area contributed by atoms with Crippen LogP contribution < -0.4 is 4.90 Å². The summed E-state index contributed by atoms with van der Waals surface area (Å²) in [5.41, 5.74) is 3.48. The third-order valence-electron chi connectivity index (χ3n) is 5.83. The fourth-order valence-electron chi connectivity index (χ4n) is 4.15. The van der Waals surface area contributed by atoms with Crippen LogP contribution in [0.2, 0.25) is 0 Å². The maximum Gasteiger partial charge on any atom is 0.243 e. The molecular weight excluding hydrogens is 424 g/mol. The molecule has 1 aromatic heterocycles. The van der Waals surface area contributed by atoms with Crippen molar-refractivity contribution in [1.82, 2.24) is 14.1 Å². The Balaban J connectivity index is 1.54. The Morgan fingerprint density at radius 2 is 1.84 bits per heavy atom. The summed E-state index contributed by atoms with van der Waals surface area (Å²) >= 11 is 0. The van der Waals surface area contributed by atoms with Crippen LogP contribution >= 0.6 is 0 Å². The molecule has 1 aliphatic heterocycles. The highest BCUT2D eigenvalue weighted by atomic mass is 32.2. The molecule has 0 saturated carbocycles. The number of aromatic nitrogens is 2. The van der Waals surface area contributed by atoms with Crippen molar-refractivity contribution < 1.29 is 13.2 Å². The molecular formula is C24H28N4O3S. The normalized spacial score (nSPS) is 13.9. The summed E-state index contributed by atoms with van der Waals surface area (Å²) in [5.74, 6) is -0.0158. The van der Waals surface area contributed by atoms with Crippen molar-refractivity contribution in [3.63, 3.8) is 0 Å². The van der Waals surface area contributed by atoms with E-state index in [2.05, 4.69) is 5.10 Å². The first-order valence-electron chi connectivity index (χ1n) is 11.0. The molecule has 0 atom stereocenters. The van der Waals surface area contributed by atoms with E-state index in [0.29, 0.717) is 24.5 Å². The molecule has 0 spiro atoms. The van der Waals surface area contributed by atoms with E-state index < -0.39 is 10.0 Å². The Bertz CT molecular complexity index is 1200. The number of hydrogen-bond donors (Lipinski definition) is 0. The van der Waals surface area contributed by atoms with E-state index in [0.717, 1.165) is 35.3 Å². The molecule has 32 heavy (non-hydrogen) atoms. The highest BCUT2D eigenvalue weighted by Crippen LogP contribution is 2.31. The van der Waals surface area contributed by atoms with Gasteiger partial charge in [-0.3, -0.25) is 4.79 Å². The van der Waals surface area contributed by atoms with Gasteiger partial charge in [0.25, 0.3) is 0 Å². The van der Waals surface area contributed by atoms with Crippen LogP contribution in [-0.2, 0) is 27.7 Å². The van der Waals surface area contributed by atoms with Gasteiger partial charge in [-0.15, -0.1) is 0 Å². The predicted octanol–water partition coefficient (Wildman–Crippen LogP) is 3.42. The van der Waals surface area contributed by atoms with Gasteiger partial charge in [-0.1, -0.05) is 32.0 Å². The predicted molar refractivity (Wildman–Crippen MR) is 124 cm³/mol. The lowest BCUT2D eigenvalue weighted by Gasteiger charge is -2.30. The second kappa shape index (κ2) is 9.26. The number of carbonyl (C=O) groups excluding carboxylic acids is 1. The summed E-state index contributed by atoms with van der Waals surface area (Å²) in [4.78, 5) is 15.2. The van der Waals surface area contributed by atoms with Crippen LogP contribution in [0.1, 0.15) is 31.4 Å². The number of sulfonamides is 1. The van der Waals surface area contributed by atoms with Crippen LogP contribution in [0.4, 0.5) is 5.69 Å². The maximum atomic E-state index is 13.1. The van der Waals surface area contributed by atoms with Crippen molar-refractivity contribution in [1.29, 1.82) is 0 Å². The largest absolute Gasteiger partial charge is 0.312 e. The SMILES string of the molecule is CCN(CC)S(=O)(=O)c1ccc2c(c1)CCCN2C(=O)Cc1cnn(-c2ccccc2)c1. The van der Waals surface area contributed by atoms with E-state index in [9.17, 15) is 13.2 Å². The molecule has 4 rings (SSSR count). The monoisotopic (exact) mass is 452 g/mol. The van der Waals surface area contributed by atoms with Gasteiger partial charge >= 0.3 is 0 Å². The topological polar surface area (TPSA) is 75.5 Å². The molecule has 0 unspecified atom stereocenters. The van der Waals surface area contributed by atoms with Gasteiger partial charge in [0, 0.05) is 31.5 Å². The fourth-order valence-corrected chi connectivity index (χ4v) is 5.66. The van der Waals surface area contributed by atoms with Crippen LogP contribution in [0, 0.1) is 0 Å².